The lowest BCUT2D eigenvalue weighted by Gasteiger charge is -2.22. The Morgan fingerprint density at radius 2 is 1.77 bits per heavy atom. The number of hydrogen-bond donors (Lipinski definition) is 2. The zero-order valence-corrected chi connectivity index (χ0v) is 17.5. The van der Waals surface area contributed by atoms with E-state index in [0.29, 0.717) is 11.3 Å². The van der Waals surface area contributed by atoms with E-state index in [9.17, 15) is 9.90 Å². The van der Waals surface area contributed by atoms with Gasteiger partial charge in [-0.1, -0.05) is 54.6 Å². The van der Waals surface area contributed by atoms with Gasteiger partial charge in [0.05, 0.1) is 19.6 Å². The van der Waals surface area contributed by atoms with Gasteiger partial charge in [-0.05, 0) is 42.3 Å². The average molecular weight is 415 g/mol. The maximum Gasteiger partial charge on any atom is 0.225 e. The van der Waals surface area contributed by atoms with Crippen LogP contribution in [0.2, 0.25) is 0 Å². The molecule has 0 aliphatic rings. The van der Waals surface area contributed by atoms with E-state index in [1.807, 2.05) is 78.9 Å². The van der Waals surface area contributed by atoms with Crippen LogP contribution in [-0.4, -0.2) is 18.1 Å². The van der Waals surface area contributed by atoms with Gasteiger partial charge >= 0.3 is 0 Å². The molecule has 3 aromatic carbocycles. The van der Waals surface area contributed by atoms with Crippen molar-refractivity contribution in [3.8, 4) is 5.75 Å². The first kappa shape index (κ1) is 20.7. The van der Waals surface area contributed by atoms with E-state index in [1.54, 1.807) is 14.0 Å². The standard InChI is InChI=1S/C26H25NO4/c1-17(28)24-16-20-14-18(12-13-22(20)31-24)15-25(29)27-26(19-8-4-3-5-9-19)21-10-6-7-11-23(21)30-2/h3-14,16-17,26,28H,15H2,1-2H3,(H,27,29). The molecule has 0 aliphatic heterocycles. The minimum Gasteiger partial charge on any atom is -0.496 e. The lowest BCUT2D eigenvalue weighted by atomic mass is 9.97. The molecular weight excluding hydrogens is 390 g/mol. The molecule has 1 aromatic heterocycles. The maximum atomic E-state index is 13.0. The molecule has 2 N–H and O–H groups in total. The first-order valence-corrected chi connectivity index (χ1v) is 10.2. The van der Waals surface area contributed by atoms with Crippen molar-refractivity contribution in [2.45, 2.75) is 25.5 Å². The summed E-state index contributed by atoms with van der Waals surface area (Å²) in [4.78, 5) is 13.0. The predicted octanol–water partition coefficient (Wildman–Crippen LogP) is 4.94. The van der Waals surface area contributed by atoms with Crippen molar-refractivity contribution in [2.75, 3.05) is 7.11 Å². The van der Waals surface area contributed by atoms with Crippen LogP contribution in [0.15, 0.2) is 83.3 Å². The first-order chi connectivity index (χ1) is 15.0. The van der Waals surface area contributed by atoms with E-state index in [0.717, 1.165) is 27.8 Å². The van der Waals surface area contributed by atoms with E-state index in [-0.39, 0.29) is 18.4 Å². The number of hydrogen-bond acceptors (Lipinski definition) is 4. The molecule has 1 heterocycles. The van der Waals surface area contributed by atoms with Gasteiger partial charge < -0.3 is 19.6 Å². The number of aliphatic hydroxyl groups is 1. The van der Waals surface area contributed by atoms with Gasteiger partial charge in [0.25, 0.3) is 0 Å². The molecule has 31 heavy (non-hydrogen) atoms. The fraction of sp³-hybridized carbons (Fsp3) is 0.192. The summed E-state index contributed by atoms with van der Waals surface area (Å²) in [6, 6.07) is 24.7. The smallest absolute Gasteiger partial charge is 0.225 e. The summed E-state index contributed by atoms with van der Waals surface area (Å²) >= 11 is 0. The molecule has 0 fully saturated rings. The van der Waals surface area contributed by atoms with Gasteiger partial charge in [0.15, 0.2) is 0 Å². The van der Waals surface area contributed by atoms with Crippen molar-refractivity contribution in [1.82, 2.24) is 5.32 Å². The number of carbonyl (C=O) groups is 1. The van der Waals surface area contributed by atoms with Crippen molar-refractivity contribution < 1.29 is 19.1 Å². The van der Waals surface area contributed by atoms with Gasteiger partial charge in [0.2, 0.25) is 5.91 Å². The third-order valence-electron chi connectivity index (χ3n) is 5.26. The average Bonchev–Trinajstić information content (AvgIpc) is 3.22. The number of carbonyl (C=O) groups excluding carboxylic acids is 1. The SMILES string of the molecule is COc1ccccc1C(NC(=O)Cc1ccc2oc(C(C)O)cc2c1)c1ccccc1. The summed E-state index contributed by atoms with van der Waals surface area (Å²) in [6.45, 7) is 1.66. The van der Waals surface area contributed by atoms with Crippen LogP contribution in [0.5, 0.6) is 5.75 Å². The van der Waals surface area contributed by atoms with Crippen LogP contribution in [0.3, 0.4) is 0 Å². The fourth-order valence-corrected chi connectivity index (χ4v) is 3.72. The highest BCUT2D eigenvalue weighted by Crippen LogP contribution is 2.30. The predicted molar refractivity (Wildman–Crippen MR) is 120 cm³/mol. The fourth-order valence-electron chi connectivity index (χ4n) is 3.72. The molecule has 158 valence electrons. The van der Waals surface area contributed by atoms with Crippen molar-refractivity contribution in [1.29, 1.82) is 0 Å². The molecule has 0 bridgehead atoms. The van der Waals surface area contributed by atoms with E-state index < -0.39 is 6.10 Å². The van der Waals surface area contributed by atoms with Crippen molar-refractivity contribution >= 4 is 16.9 Å². The second-order valence-corrected chi connectivity index (χ2v) is 7.53. The van der Waals surface area contributed by atoms with Gasteiger partial charge in [-0.2, -0.15) is 0 Å². The van der Waals surface area contributed by atoms with Gasteiger partial charge in [-0.15, -0.1) is 0 Å². The number of furan rings is 1. The lowest BCUT2D eigenvalue weighted by molar-refractivity contribution is -0.120. The number of benzene rings is 3. The third-order valence-corrected chi connectivity index (χ3v) is 5.26. The summed E-state index contributed by atoms with van der Waals surface area (Å²) < 4.78 is 11.2. The molecule has 0 aliphatic carbocycles. The van der Waals surface area contributed by atoms with Crippen LogP contribution in [0, 0.1) is 0 Å². The normalized spacial score (nSPS) is 13.0. The highest BCUT2D eigenvalue weighted by molar-refractivity contribution is 5.83. The number of nitrogens with one attached hydrogen (secondary N) is 1. The summed E-state index contributed by atoms with van der Waals surface area (Å²) in [5, 5.41) is 13.8. The van der Waals surface area contributed by atoms with Gasteiger partial charge in [0.1, 0.15) is 23.2 Å². The molecule has 4 rings (SSSR count). The molecule has 5 nitrogen and oxygen atoms in total. The number of rotatable bonds is 7. The topological polar surface area (TPSA) is 71.7 Å². The van der Waals surface area contributed by atoms with Gasteiger partial charge in [0, 0.05) is 10.9 Å². The van der Waals surface area contributed by atoms with E-state index >= 15 is 0 Å². The van der Waals surface area contributed by atoms with Crippen LogP contribution in [0.25, 0.3) is 11.0 Å². The molecule has 2 unspecified atom stereocenters. The second-order valence-electron chi connectivity index (χ2n) is 7.53. The van der Waals surface area contributed by atoms with E-state index in [1.165, 1.54) is 0 Å². The number of aliphatic hydroxyl groups excluding tert-OH is 1. The van der Waals surface area contributed by atoms with Crippen LogP contribution in [0.1, 0.15) is 41.5 Å². The number of para-hydroxylation sites is 1. The Hall–Kier alpha value is -3.57. The number of amides is 1. The largest absolute Gasteiger partial charge is 0.496 e. The zero-order chi connectivity index (χ0) is 21.8. The van der Waals surface area contributed by atoms with Crippen LogP contribution >= 0.6 is 0 Å². The zero-order valence-electron chi connectivity index (χ0n) is 17.5. The van der Waals surface area contributed by atoms with Crippen molar-refractivity contribution in [3.05, 3.63) is 101 Å². The first-order valence-electron chi connectivity index (χ1n) is 10.2. The number of ether oxygens (including phenoxy) is 1. The molecule has 1 amide bonds. The van der Waals surface area contributed by atoms with Crippen molar-refractivity contribution in [2.24, 2.45) is 0 Å². The Balaban J connectivity index is 1.58. The lowest BCUT2D eigenvalue weighted by Crippen LogP contribution is -2.30. The Kier molecular flexibility index (Phi) is 6.05. The Morgan fingerprint density at radius 3 is 2.52 bits per heavy atom. The number of fused-ring (bicyclic) bond motifs is 1. The Bertz CT molecular complexity index is 1180. The molecular formula is C26H25NO4. The molecule has 4 aromatic rings. The molecule has 0 saturated heterocycles. The summed E-state index contributed by atoms with van der Waals surface area (Å²) in [7, 11) is 1.63. The Labute approximate surface area is 181 Å². The summed E-state index contributed by atoms with van der Waals surface area (Å²) in [6.07, 6.45) is -0.449. The molecule has 0 saturated carbocycles. The maximum absolute atomic E-state index is 13.0. The molecule has 0 spiro atoms. The van der Waals surface area contributed by atoms with E-state index in [2.05, 4.69) is 5.32 Å². The molecule has 0 radical (unpaired) electrons. The highest BCUT2D eigenvalue weighted by Gasteiger charge is 2.20. The minimum atomic E-state index is -0.674. The quantitative estimate of drug-likeness (QED) is 0.448. The van der Waals surface area contributed by atoms with Crippen LogP contribution < -0.4 is 10.1 Å². The molecule has 2 atom stereocenters. The number of methoxy groups -OCH3 is 1. The second kappa shape index (κ2) is 9.06. The van der Waals surface area contributed by atoms with E-state index in [4.69, 9.17) is 9.15 Å². The van der Waals surface area contributed by atoms with Gasteiger partial charge in [-0.3, -0.25) is 4.79 Å². The highest BCUT2D eigenvalue weighted by atomic mass is 16.5. The summed E-state index contributed by atoms with van der Waals surface area (Å²) in [5.41, 5.74) is 3.44. The van der Waals surface area contributed by atoms with Crippen LogP contribution in [0.4, 0.5) is 0 Å². The van der Waals surface area contributed by atoms with Crippen LogP contribution in [-0.2, 0) is 11.2 Å². The third kappa shape index (κ3) is 4.62. The summed E-state index contributed by atoms with van der Waals surface area (Å²) in [5.74, 6) is 1.14. The Morgan fingerprint density at radius 1 is 1.03 bits per heavy atom. The monoisotopic (exact) mass is 415 g/mol. The van der Waals surface area contributed by atoms with Crippen molar-refractivity contribution in [3.63, 3.8) is 0 Å². The van der Waals surface area contributed by atoms with Gasteiger partial charge in [-0.25, -0.2) is 0 Å². The molecule has 5 heteroatoms. The minimum absolute atomic E-state index is 0.0987.